The van der Waals surface area contributed by atoms with Gasteiger partial charge in [-0.15, -0.1) is 0 Å². The number of fused-ring (bicyclic) bond motifs is 1. The highest BCUT2D eigenvalue weighted by molar-refractivity contribution is 6.33. The van der Waals surface area contributed by atoms with E-state index >= 15 is 0 Å². The summed E-state index contributed by atoms with van der Waals surface area (Å²) in [6, 6.07) is 18.1. The van der Waals surface area contributed by atoms with Crippen molar-refractivity contribution in [3.05, 3.63) is 72.3 Å². The average Bonchev–Trinajstić information content (AvgIpc) is 3.03. The van der Waals surface area contributed by atoms with Crippen molar-refractivity contribution in [2.75, 3.05) is 7.11 Å². The lowest BCUT2D eigenvalue weighted by molar-refractivity contribution is 0.415. The molecule has 0 unspecified atom stereocenters. The molecule has 0 spiro atoms. The minimum atomic E-state index is 0.429. The Kier molecular flexibility index (Phi) is 3.67. The van der Waals surface area contributed by atoms with Crippen molar-refractivity contribution in [2.45, 2.75) is 0 Å². The van der Waals surface area contributed by atoms with Crippen LogP contribution in [0.2, 0.25) is 5.15 Å². The van der Waals surface area contributed by atoms with Crippen molar-refractivity contribution >= 4 is 17.1 Å². The van der Waals surface area contributed by atoms with Crippen LogP contribution in [0, 0.1) is 0 Å². The zero-order valence-corrected chi connectivity index (χ0v) is 13.7. The van der Waals surface area contributed by atoms with Gasteiger partial charge in [0.15, 0.2) is 5.15 Å². The van der Waals surface area contributed by atoms with Gasteiger partial charge in [-0.3, -0.25) is 0 Å². The van der Waals surface area contributed by atoms with E-state index < -0.39 is 0 Å². The third kappa shape index (κ3) is 2.41. The monoisotopic (exact) mass is 335 g/mol. The lowest BCUT2D eigenvalue weighted by atomic mass is 9.98. The Morgan fingerprint density at radius 3 is 2.42 bits per heavy atom. The predicted octanol–water partition coefficient (Wildman–Crippen LogP) is 4.73. The Morgan fingerprint density at radius 1 is 0.958 bits per heavy atom. The van der Waals surface area contributed by atoms with Gasteiger partial charge in [-0.05, 0) is 23.3 Å². The van der Waals surface area contributed by atoms with Crippen LogP contribution in [-0.4, -0.2) is 21.7 Å². The Morgan fingerprint density at radius 2 is 1.71 bits per heavy atom. The Labute approximate surface area is 144 Å². The van der Waals surface area contributed by atoms with Gasteiger partial charge in [0.1, 0.15) is 17.6 Å². The third-order valence-corrected chi connectivity index (χ3v) is 4.27. The van der Waals surface area contributed by atoms with Crippen molar-refractivity contribution in [3.63, 3.8) is 0 Å². The molecule has 4 nitrogen and oxygen atoms in total. The minimum absolute atomic E-state index is 0.429. The molecule has 5 heteroatoms. The number of aromatic nitrogens is 3. The molecule has 0 saturated heterocycles. The third-order valence-electron chi connectivity index (χ3n) is 3.99. The fourth-order valence-electron chi connectivity index (χ4n) is 2.86. The zero-order valence-electron chi connectivity index (χ0n) is 13.0. The number of methoxy groups -OCH3 is 1. The van der Waals surface area contributed by atoms with Crippen molar-refractivity contribution in [2.24, 2.45) is 0 Å². The number of ether oxygens (including phenoxy) is 1. The highest BCUT2D eigenvalue weighted by Crippen LogP contribution is 2.39. The van der Waals surface area contributed by atoms with E-state index in [1.165, 1.54) is 6.33 Å². The summed E-state index contributed by atoms with van der Waals surface area (Å²) >= 11 is 6.37. The zero-order chi connectivity index (χ0) is 16.5. The maximum atomic E-state index is 6.37. The smallest absolute Gasteiger partial charge is 0.157 e. The van der Waals surface area contributed by atoms with Crippen LogP contribution in [0.3, 0.4) is 0 Å². The van der Waals surface area contributed by atoms with E-state index in [4.69, 9.17) is 16.3 Å². The molecule has 0 saturated carbocycles. The van der Waals surface area contributed by atoms with Crippen LogP contribution in [-0.2, 0) is 0 Å². The summed E-state index contributed by atoms with van der Waals surface area (Å²) in [6.07, 6.45) is 3.44. The van der Waals surface area contributed by atoms with E-state index in [2.05, 4.69) is 22.2 Å². The van der Waals surface area contributed by atoms with Gasteiger partial charge in [0.05, 0.1) is 7.11 Å². The number of nitrogens with zero attached hydrogens (tertiary/aromatic N) is 3. The highest BCUT2D eigenvalue weighted by Gasteiger charge is 2.18. The molecule has 0 N–H and O–H groups in total. The maximum absolute atomic E-state index is 6.37. The van der Waals surface area contributed by atoms with Crippen LogP contribution in [0.15, 0.2) is 67.1 Å². The maximum Gasteiger partial charge on any atom is 0.157 e. The van der Waals surface area contributed by atoms with Gasteiger partial charge in [-0.2, -0.15) is 5.10 Å². The molecular formula is C19H14ClN3O. The van der Waals surface area contributed by atoms with E-state index in [0.717, 1.165) is 33.5 Å². The van der Waals surface area contributed by atoms with Crippen molar-refractivity contribution in [3.8, 4) is 28.0 Å². The molecule has 0 amide bonds. The molecule has 24 heavy (non-hydrogen) atoms. The normalized spacial score (nSPS) is 10.9. The van der Waals surface area contributed by atoms with E-state index in [0.29, 0.717) is 5.15 Å². The molecule has 118 valence electrons. The SMILES string of the molecule is COc1ccc(-c2c(-c3ccccc3)cn3ncnc(Cl)c23)cc1. The first-order valence-corrected chi connectivity index (χ1v) is 7.87. The molecule has 2 aromatic carbocycles. The first-order chi connectivity index (χ1) is 11.8. The number of benzene rings is 2. The summed E-state index contributed by atoms with van der Waals surface area (Å²) in [5.74, 6) is 0.811. The summed E-state index contributed by atoms with van der Waals surface area (Å²) in [5.41, 5.74) is 5.00. The van der Waals surface area contributed by atoms with Gasteiger partial charge >= 0.3 is 0 Å². The first kappa shape index (κ1) is 14.7. The summed E-state index contributed by atoms with van der Waals surface area (Å²) in [5, 5.41) is 4.73. The van der Waals surface area contributed by atoms with E-state index in [1.54, 1.807) is 11.6 Å². The van der Waals surface area contributed by atoms with Crippen LogP contribution < -0.4 is 4.74 Å². The molecular weight excluding hydrogens is 322 g/mol. The van der Waals surface area contributed by atoms with Gasteiger partial charge in [-0.1, -0.05) is 54.1 Å². The van der Waals surface area contributed by atoms with Gasteiger partial charge in [-0.25, -0.2) is 9.50 Å². The molecule has 0 aliphatic heterocycles. The minimum Gasteiger partial charge on any atom is -0.497 e. The summed E-state index contributed by atoms with van der Waals surface area (Å²) in [7, 11) is 1.66. The molecule has 0 fully saturated rings. The molecule has 4 aromatic rings. The van der Waals surface area contributed by atoms with Crippen LogP contribution in [0.1, 0.15) is 0 Å². The highest BCUT2D eigenvalue weighted by atomic mass is 35.5. The number of hydrogen-bond acceptors (Lipinski definition) is 3. The lowest BCUT2D eigenvalue weighted by Gasteiger charge is -2.07. The number of halogens is 1. The average molecular weight is 336 g/mol. The standard InChI is InChI=1S/C19H14ClN3O/c1-24-15-9-7-14(8-10-15)17-16(13-5-3-2-4-6-13)11-23-18(17)19(20)21-12-22-23/h2-12H,1H3. The first-order valence-electron chi connectivity index (χ1n) is 7.49. The second-order valence-electron chi connectivity index (χ2n) is 5.36. The largest absolute Gasteiger partial charge is 0.497 e. The van der Waals surface area contributed by atoms with Gasteiger partial charge in [0, 0.05) is 17.3 Å². The van der Waals surface area contributed by atoms with E-state index in [1.807, 2.05) is 48.7 Å². The number of hydrogen-bond donors (Lipinski definition) is 0. The second kappa shape index (κ2) is 5.98. The Bertz CT molecular complexity index is 994. The molecule has 0 bridgehead atoms. The lowest BCUT2D eigenvalue weighted by Crippen LogP contribution is -1.92. The summed E-state index contributed by atoms with van der Waals surface area (Å²) in [6.45, 7) is 0. The summed E-state index contributed by atoms with van der Waals surface area (Å²) < 4.78 is 7.03. The second-order valence-corrected chi connectivity index (χ2v) is 5.71. The molecule has 0 aliphatic rings. The predicted molar refractivity (Wildman–Crippen MR) is 95.4 cm³/mol. The van der Waals surface area contributed by atoms with Gasteiger partial charge < -0.3 is 4.74 Å². The molecule has 2 heterocycles. The summed E-state index contributed by atoms with van der Waals surface area (Å²) in [4.78, 5) is 4.14. The van der Waals surface area contributed by atoms with Gasteiger partial charge in [0.25, 0.3) is 0 Å². The molecule has 2 aromatic heterocycles. The van der Waals surface area contributed by atoms with Crippen LogP contribution >= 0.6 is 11.6 Å². The Hall–Kier alpha value is -2.85. The quantitative estimate of drug-likeness (QED) is 0.543. The molecule has 0 radical (unpaired) electrons. The number of rotatable bonds is 3. The Balaban J connectivity index is 2.03. The topological polar surface area (TPSA) is 39.4 Å². The van der Waals surface area contributed by atoms with Crippen molar-refractivity contribution < 1.29 is 4.74 Å². The molecule has 4 rings (SSSR count). The van der Waals surface area contributed by atoms with Crippen LogP contribution in [0.4, 0.5) is 0 Å². The fourth-order valence-corrected chi connectivity index (χ4v) is 3.09. The van der Waals surface area contributed by atoms with E-state index in [-0.39, 0.29) is 0 Å². The molecule has 0 aliphatic carbocycles. The van der Waals surface area contributed by atoms with Gasteiger partial charge in [0.2, 0.25) is 0 Å². The van der Waals surface area contributed by atoms with Crippen LogP contribution in [0.5, 0.6) is 5.75 Å². The van der Waals surface area contributed by atoms with E-state index in [9.17, 15) is 0 Å². The molecule has 0 atom stereocenters. The van der Waals surface area contributed by atoms with Crippen molar-refractivity contribution in [1.29, 1.82) is 0 Å². The van der Waals surface area contributed by atoms with Crippen LogP contribution in [0.25, 0.3) is 27.8 Å². The van der Waals surface area contributed by atoms with Crippen molar-refractivity contribution in [1.82, 2.24) is 14.6 Å². The fraction of sp³-hybridized carbons (Fsp3) is 0.0526.